The predicted molar refractivity (Wildman–Crippen MR) is 73.3 cm³/mol. The van der Waals surface area contributed by atoms with Crippen molar-refractivity contribution in [1.29, 1.82) is 0 Å². The summed E-state index contributed by atoms with van der Waals surface area (Å²) in [5.41, 5.74) is 2.70. The standard InChI is InChI=1S/C14H18N2O3/c1-10-15-12-7-6-11(9-13(12)19-10)16(2)8-4-5-14(17)18-3/h6-7,9H,4-5,8H2,1-3H3. The van der Waals surface area contributed by atoms with E-state index in [0.717, 1.165) is 29.8 Å². The van der Waals surface area contributed by atoms with E-state index < -0.39 is 0 Å². The predicted octanol–water partition coefficient (Wildman–Crippen LogP) is 2.53. The molecule has 5 nitrogen and oxygen atoms in total. The lowest BCUT2D eigenvalue weighted by atomic mass is 10.2. The van der Waals surface area contributed by atoms with Gasteiger partial charge in [-0.25, -0.2) is 4.98 Å². The van der Waals surface area contributed by atoms with Gasteiger partial charge in [0.25, 0.3) is 0 Å². The molecule has 0 radical (unpaired) electrons. The molecule has 0 aliphatic carbocycles. The smallest absolute Gasteiger partial charge is 0.305 e. The largest absolute Gasteiger partial charge is 0.469 e. The van der Waals surface area contributed by atoms with Gasteiger partial charge in [0.05, 0.1) is 7.11 Å². The lowest BCUT2D eigenvalue weighted by Gasteiger charge is -2.18. The fourth-order valence-corrected chi connectivity index (χ4v) is 1.96. The second-order valence-electron chi connectivity index (χ2n) is 4.49. The van der Waals surface area contributed by atoms with E-state index in [1.165, 1.54) is 7.11 Å². The zero-order valence-corrected chi connectivity index (χ0v) is 11.5. The fraction of sp³-hybridized carbons (Fsp3) is 0.429. The molecule has 102 valence electrons. The van der Waals surface area contributed by atoms with Crippen LogP contribution in [-0.4, -0.2) is 31.7 Å². The summed E-state index contributed by atoms with van der Waals surface area (Å²) in [7, 11) is 3.40. The molecule has 0 atom stereocenters. The van der Waals surface area contributed by atoms with Gasteiger partial charge in [-0.05, 0) is 18.6 Å². The quantitative estimate of drug-likeness (QED) is 0.775. The number of aryl methyl sites for hydroxylation is 1. The summed E-state index contributed by atoms with van der Waals surface area (Å²) in [4.78, 5) is 17.4. The minimum atomic E-state index is -0.172. The van der Waals surface area contributed by atoms with Gasteiger partial charge in [0.2, 0.25) is 0 Å². The molecule has 0 spiro atoms. The highest BCUT2D eigenvalue weighted by Crippen LogP contribution is 2.22. The normalized spacial score (nSPS) is 10.7. The number of anilines is 1. The summed E-state index contributed by atoms with van der Waals surface area (Å²) in [5.74, 6) is 0.496. The average Bonchev–Trinajstić information content (AvgIpc) is 2.77. The van der Waals surface area contributed by atoms with Crippen LogP contribution in [0.25, 0.3) is 11.1 Å². The average molecular weight is 262 g/mol. The molecule has 0 saturated carbocycles. The zero-order valence-electron chi connectivity index (χ0n) is 11.5. The number of fused-ring (bicyclic) bond motifs is 1. The highest BCUT2D eigenvalue weighted by atomic mass is 16.5. The second-order valence-corrected chi connectivity index (χ2v) is 4.49. The van der Waals surface area contributed by atoms with E-state index in [4.69, 9.17) is 4.42 Å². The van der Waals surface area contributed by atoms with Crippen LogP contribution in [0.15, 0.2) is 22.6 Å². The first kappa shape index (κ1) is 13.4. The Hall–Kier alpha value is -2.04. The summed E-state index contributed by atoms with van der Waals surface area (Å²) in [6, 6.07) is 5.91. The molecule has 2 rings (SSSR count). The number of esters is 1. The molecule has 0 N–H and O–H groups in total. The monoisotopic (exact) mass is 262 g/mol. The third-order valence-corrected chi connectivity index (χ3v) is 3.02. The van der Waals surface area contributed by atoms with E-state index in [0.29, 0.717) is 12.3 Å². The molecule has 2 aromatic rings. The third-order valence-electron chi connectivity index (χ3n) is 3.02. The molecular formula is C14H18N2O3. The number of nitrogens with zero attached hydrogens (tertiary/aromatic N) is 2. The molecular weight excluding hydrogens is 244 g/mol. The second kappa shape index (κ2) is 5.73. The molecule has 19 heavy (non-hydrogen) atoms. The maximum absolute atomic E-state index is 11.0. The van der Waals surface area contributed by atoms with Crippen LogP contribution in [0.1, 0.15) is 18.7 Å². The number of benzene rings is 1. The lowest BCUT2D eigenvalue weighted by molar-refractivity contribution is -0.140. The van der Waals surface area contributed by atoms with Crippen molar-refractivity contribution in [1.82, 2.24) is 4.98 Å². The Morgan fingerprint density at radius 1 is 1.47 bits per heavy atom. The molecule has 1 aromatic carbocycles. The summed E-state index contributed by atoms with van der Waals surface area (Å²) in [6.45, 7) is 2.62. The van der Waals surface area contributed by atoms with Gasteiger partial charge in [0.1, 0.15) is 5.52 Å². The summed E-state index contributed by atoms with van der Waals surface area (Å²) < 4.78 is 10.1. The number of carbonyl (C=O) groups is 1. The number of ether oxygens (including phenoxy) is 1. The number of methoxy groups -OCH3 is 1. The minimum Gasteiger partial charge on any atom is -0.469 e. The molecule has 0 saturated heterocycles. The minimum absolute atomic E-state index is 0.172. The number of carbonyl (C=O) groups excluding carboxylic acids is 1. The first-order valence-electron chi connectivity index (χ1n) is 6.25. The topological polar surface area (TPSA) is 55.6 Å². The van der Waals surface area contributed by atoms with Crippen LogP contribution in [0.4, 0.5) is 5.69 Å². The number of hydrogen-bond donors (Lipinski definition) is 0. The van der Waals surface area contributed by atoms with Crippen LogP contribution in [0, 0.1) is 6.92 Å². The molecule has 0 amide bonds. The Morgan fingerprint density at radius 2 is 2.26 bits per heavy atom. The van der Waals surface area contributed by atoms with Crippen molar-refractivity contribution in [3.05, 3.63) is 24.1 Å². The van der Waals surface area contributed by atoms with E-state index in [-0.39, 0.29) is 5.97 Å². The van der Waals surface area contributed by atoms with E-state index in [9.17, 15) is 4.79 Å². The van der Waals surface area contributed by atoms with Crippen molar-refractivity contribution in [2.75, 3.05) is 25.6 Å². The molecule has 0 aliphatic heterocycles. The van der Waals surface area contributed by atoms with Gasteiger partial charge in [-0.15, -0.1) is 0 Å². The lowest BCUT2D eigenvalue weighted by Crippen LogP contribution is -2.19. The van der Waals surface area contributed by atoms with E-state index in [1.807, 2.05) is 32.2 Å². The fourth-order valence-electron chi connectivity index (χ4n) is 1.96. The Morgan fingerprint density at radius 3 is 3.00 bits per heavy atom. The third kappa shape index (κ3) is 3.24. The van der Waals surface area contributed by atoms with E-state index >= 15 is 0 Å². The summed E-state index contributed by atoms with van der Waals surface area (Å²) in [6.07, 6.45) is 1.20. The Balaban J connectivity index is 2.00. The van der Waals surface area contributed by atoms with Crippen molar-refractivity contribution >= 4 is 22.8 Å². The van der Waals surface area contributed by atoms with Crippen LogP contribution < -0.4 is 4.90 Å². The van der Waals surface area contributed by atoms with Crippen molar-refractivity contribution in [2.45, 2.75) is 19.8 Å². The van der Waals surface area contributed by atoms with Gasteiger partial charge in [0, 0.05) is 38.7 Å². The van der Waals surface area contributed by atoms with Crippen LogP contribution in [-0.2, 0) is 9.53 Å². The number of aromatic nitrogens is 1. The maximum atomic E-state index is 11.0. The Labute approximate surface area is 112 Å². The Kier molecular flexibility index (Phi) is 4.04. The zero-order chi connectivity index (χ0) is 13.8. The molecule has 1 aromatic heterocycles. The highest BCUT2D eigenvalue weighted by Gasteiger charge is 2.07. The maximum Gasteiger partial charge on any atom is 0.305 e. The van der Waals surface area contributed by atoms with Gasteiger partial charge >= 0.3 is 5.97 Å². The number of rotatable bonds is 5. The van der Waals surface area contributed by atoms with Gasteiger partial charge in [-0.1, -0.05) is 0 Å². The summed E-state index contributed by atoms with van der Waals surface area (Å²) >= 11 is 0. The Bertz CT molecular complexity index is 577. The number of oxazole rings is 1. The number of hydrogen-bond acceptors (Lipinski definition) is 5. The van der Waals surface area contributed by atoms with Crippen molar-refractivity contribution in [3.8, 4) is 0 Å². The van der Waals surface area contributed by atoms with Crippen molar-refractivity contribution < 1.29 is 13.9 Å². The molecule has 1 heterocycles. The first-order chi connectivity index (χ1) is 9.10. The van der Waals surface area contributed by atoms with Gasteiger partial charge < -0.3 is 14.1 Å². The van der Waals surface area contributed by atoms with Gasteiger partial charge in [-0.3, -0.25) is 4.79 Å². The summed E-state index contributed by atoms with van der Waals surface area (Å²) in [5, 5.41) is 0. The van der Waals surface area contributed by atoms with Gasteiger partial charge in [0.15, 0.2) is 11.5 Å². The first-order valence-corrected chi connectivity index (χ1v) is 6.25. The molecule has 0 unspecified atom stereocenters. The molecule has 0 fully saturated rings. The SMILES string of the molecule is COC(=O)CCCN(C)c1ccc2nc(C)oc2c1. The molecule has 0 bridgehead atoms. The van der Waals surface area contributed by atoms with Crippen LogP contribution in [0.3, 0.4) is 0 Å². The van der Waals surface area contributed by atoms with Crippen LogP contribution in [0.5, 0.6) is 0 Å². The van der Waals surface area contributed by atoms with E-state index in [2.05, 4.69) is 14.6 Å². The van der Waals surface area contributed by atoms with Crippen LogP contribution in [0.2, 0.25) is 0 Å². The van der Waals surface area contributed by atoms with Crippen molar-refractivity contribution in [3.63, 3.8) is 0 Å². The molecule has 5 heteroatoms. The van der Waals surface area contributed by atoms with E-state index in [1.54, 1.807) is 0 Å². The van der Waals surface area contributed by atoms with Crippen LogP contribution >= 0.6 is 0 Å². The molecule has 0 aliphatic rings. The highest BCUT2D eigenvalue weighted by molar-refractivity contribution is 5.77. The van der Waals surface area contributed by atoms with Gasteiger partial charge in [-0.2, -0.15) is 0 Å². The van der Waals surface area contributed by atoms with Crippen molar-refractivity contribution in [2.24, 2.45) is 0 Å².